The average Bonchev–Trinajstić information content (AvgIpc) is 2.75. The van der Waals surface area contributed by atoms with Crippen LogP contribution in [0, 0.1) is 13.8 Å². The zero-order valence-corrected chi connectivity index (χ0v) is 11.3. The SMILES string of the molecule is Cc1ccc(NC(=O)N2CC(O)C[C@H]2C(=O)O)c(C)n1. The van der Waals surface area contributed by atoms with E-state index < -0.39 is 24.1 Å². The van der Waals surface area contributed by atoms with Gasteiger partial charge < -0.3 is 20.4 Å². The van der Waals surface area contributed by atoms with Gasteiger partial charge in [0.25, 0.3) is 0 Å². The molecule has 1 saturated heterocycles. The van der Waals surface area contributed by atoms with Crippen molar-refractivity contribution in [2.24, 2.45) is 0 Å². The lowest BCUT2D eigenvalue weighted by Gasteiger charge is -2.22. The number of hydrogen-bond donors (Lipinski definition) is 3. The maximum atomic E-state index is 12.1. The van der Waals surface area contributed by atoms with E-state index in [0.29, 0.717) is 11.4 Å². The Morgan fingerprint density at radius 3 is 2.70 bits per heavy atom. The van der Waals surface area contributed by atoms with Crippen molar-refractivity contribution >= 4 is 17.7 Å². The molecule has 1 aliphatic rings. The van der Waals surface area contributed by atoms with E-state index in [1.54, 1.807) is 19.1 Å². The van der Waals surface area contributed by atoms with E-state index in [1.807, 2.05) is 6.92 Å². The highest BCUT2D eigenvalue weighted by Gasteiger charge is 2.39. The summed E-state index contributed by atoms with van der Waals surface area (Å²) >= 11 is 0. The van der Waals surface area contributed by atoms with E-state index in [4.69, 9.17) is 5.11 Å². The fraction of sp³-hybridized carbons (Fsp3) is 0.462. The second kappa shape index (κ2) is 5.46. The number of aliphatic carboxylic acids is 1. The molecule has 7 nitrogen and oxygen atoms in total. The average molecular weight is 279 g/mol. The summed E-state index contributed by atoms with van der Waals surface area (Å²) in [6, 6.07) is 1.94. The molecule has 1 unspecified atom stereocenters. The van der Waals surface area contributed by atoms with Crippen LogP contribution < -0.4 is 5.32 Å². The van der Waals surface area contributed by atoms with E-state index in [9.17, 15) is 14.7 Å². The van der Waals surface area contributed by atoms with E-state index in [2.05, 4.69) is 10.3 Å². The first-order chi connectivity index (χ1) is 9.38. The van der Waals surface area contributed by atoms with Crippen LogP contribution in [0.3, 0.4) is 0 Å². The van der Waals surface area contributed by atoms with Crippen LogP contribution in [0.25, 0.3) is 0 Å². The molecular weight excluding hydrogens is 262 g/mol. The van der Waals surface area contributed by atoms with Gasteiger partial charge in [-0.2, -0.15) is 0 Å². The summed E-state index contributed by atoms with van der Waals surface area (Å²) in [4.78, 5) is 28.6. The Bertz CT molecular complexity index is 546. The van der Waals surface area contributed by atoms with Gasteiger partial charge in [-0.3, -0.25) is 4.98 Å². The molecule has 1 aromatic rings. The number of likely N-dealkylation sites (tertiary alicyclic amines) is 1. The summed E-state index contributed by atoms with van der Waals surface area (Å²) < 4.78 is 0. The highest BCUT2D eigenvalue weighted by molar-refractivity contribution is 5.93. The molecule has 0 saturated carbocycles. The molecule has 0 spiro atoms. The Morgan fingerprint density at radius 2 is 2.10 bits per heavy atom. The molecule has 1 aromatic heterocycles. The second-order valence-electron chi connectivity index (χ2n) is 4.91. The minimum absolute atomic E-state index is 0.0150. The number of anilines is 1. The smallest absolute Gasteiger partial charge is 0.326 e. The first-order valence-electron chi connectivity index (χ1n) is 6.31. The molecule has 3 N–H and O–H groups in total. The van der Waals surface area contributed by atoms with Crippen molar-refractivity contribution in [3.05, 3.63) is 23.5 Å². The fourth-order valence-electron chi connectivity index (χ4n) is 2.28. The fourth-order valence-corrected chi connectivity index (χ4v) is 2.28. The lowest BCUT2D eigenvalue weighted by Crippen LogP contribution is -2.43. The molecule has 1 aliphatic heterocycles. The number of pyridine rings is 1. The molecule has 0 bridgehead atoms. The zero-order chi connectivity index (χ0) is 14.9. The largest absolute Gasteiger partial charge is 0.480 e. The molecule has 2 atom stereocenters. The number of aryl methyl sites for hydroxylation is 2. The third kappa shape index (κ3) is 2.88. The number of hydrogen-bond acceptors (Lipinski definition) is 4. The minimum Gasteiger partial charge on any atom is -0.480 e. The monoisotopic (exact) mass is 279 g/mol. The molecule has 20 heavy (non-hydrogen) atoms. The summed E-state index contributed by atoms with van der Waals surface area (Å²) in [7, 11) is 0. The number of amides is 2. The van der Waals surface area contributed by atoms with Crippen molar-refractivity contribution in [3.63, 3.8) is 0 Å². The maximum absolute atomic E-state index is 12.1. The maximum Gasteiger partial charge on any atom is 0.326 e. The summed E-state index contributed by atoms with van der Waals surface area (Å²) in [5.41, 5.74) is 2.02. The molecule has 0 aliphatic carbocycles. The Balaban J connectivity index is 2.13. The van der Waals surface area contributed by atoms with Crippen LogP contribution in [0.15, 0.2) is 12.1 Å². The van der Waals surface area contributed by atoms with Gasteiger partial charge in [-0.25, -0.2) is 9.59 Å². The van der Waals surface area contributed by atoms with E-state index >= 15 is 0 Å². The lowest BCUT2D eigenvalue weighted by atomic mass is 10.2. The first-order valence-corrected chi connectivity index (χ1v) is 6.31. The molecule has 1 fully saturated rings. The molecule has 108 valence electrons. The Labute approximate surface area is 116 Å². The van der Waals surface area contributed by atoms with Gasteiger partial charge in [0, 0.05) is 18.7 Å². The number of carbonyl (C=O) groups excluding carboxylic acids is 1. The summed E-state index contributed by atoms with van der Waals surface area (Å²) in [6.07, 6.45) is -0.757. The van der Waals surface area contributed by atoms with Gasteiger partial charge in [0.2, 0.25) is 0 Å². The molecule has 7 heteroatoms. The second-order valence-corrected chi connectivity index (χ2v) is 4.91. The number of urea groups is 1. The van der Waals surface area contributed by atoms with Gasteiger partial charge in [-0.1, -0.05) is 0 Å². The number of nitrogens with zero attached hydrogens (tertiary/aromatic N) is 2. The number of aromatic nitrogens is 1. The molecule has 2 rings (SSSR count). The van der Waals surface area contributed by atoms with Crippen LogP contribution in [0.4, 0.5) is 10.5 Å². The van der Waals surface area contributed by atoms with Gasteiger partial charge in [-0.15, -0.1) is 0 Å². The molecular formula is C13H17N3O4. The number of carbonyl (C=O) groups is 2. The quantitative estimate of drug-likeness (QED) is 0.741. The standard InChI is InChI=1S/C13H17N3O4/c1-7-3-4-10(8(2)14-7)15-13(20)16-6-9(17)5-11(16)12(18)19/h3-4,9,11,17H,5-6H2,1-2H3,(H,15,20)(H,18,19)/t9?,11-/m0/s1. The zero-order valence-electron chi connectivity index (χ0n) is 11.3. The van der Waals surface area contributed by atoms with Crippen molar-refractivity contribution < 1.29 is 19.8 Å². The van der Waals surface area contributed by atoms with Crippen LogP contribution in [-0.4, -0.2) is 50.8 Å². The summed E-state index contributed by atoms with van der Waals surface area (Å²) in [5, 5.41) is 21.2. The first kappa shape index (κ1) is 14.3. The number of aliphatic hydroxyl groups is 1. The predicted octanol–water partition coefficient (Wildman–Crippen LogP) is 0.750. The number of rotatable bonds is 2. The number of β-amino-alcohol motifs (C(OH)–C–C–N with tert-alkyl or cyclic N) is 1. The van der Waals surface area contributed by atoms with Gasteiger partial charge in [0.05, 0.1) is 17.5 Å². The third-order valence-corrected chi connectivity index (χ3v) is 3.29. The third-order valence-electron chi connectivity index (χ3n) is 3.29. The molecule has 2 heterocycles. The van der Waals surface area contributed by atoms with Crippen LogP contribution in [-0.2, 0) is 4.79 Å². The van der Waals surface area contributed by atoms with Crippen molar-refractivity contribution in [2.75, 3.05) is 11.9 Å². The topological polar surface area (TPSA) is 103 Å². The predicted molar refractivity (Wildman–Crippen MR) is 71.5 cm³/mol. The van der Waals surface area contributed by atoms with Crippen molar-refractivity contribution in [1.29, 1.82) is 0 Å². The lowest BCUT2D eigenvalue weighted by molar-refractivity contribution is -0.141. The molecule has 0 radical (unpaired) electrons. The van der Waals surface area contributed by atoms with Gasteiger partial charge in [-0.05, 0) is 26.0 Å². The number of carboxylic acid groups (broad SMARTS) is 1. The Hall–Kier alpha value is -2.15. The molecule has 0 aromatic carbocycles. The van der Waals surface area contributed by atoms with Crippen molar-refractivity contribution in [2.45, 2.75) is 32.4 Å². The van der Waals surface area contributed by atoms with E-state index in [0.717, 1.165) is 10.6 Å². The minimum atomic E-state index is -1.12. The highest BCUT2D eigenvalue weighted by atomic mass is 16.4. The van der Waals surface area contributed by atoms with E-state index in [1.165, 1.54) is 0 Å². The van der Waals surface area contributed by atoms with E-state index in [-0.39, 0.29) is 13.0 Å². The normalized spacial score (nSPS) is 21.9. The number of carboxylic acids is 1. The van der Waals surface area contributed by atoms with Gasteiger partial charge >= 0.3 is 12.0 Å². The Morgan fingerprint density at radius 1 is 1.40 bits per heavy atom. The summed E-state index contributed by atoms with van der Waals surface area (Å²) in [6.45, 7) is 3.62. The van der Waals surface area contributed by atoms with Crippen LogP contribution >= 0.6 is 0 Å². The van der Waals surface area contributed by atoms with Gasteiger partial charge in [0.1, 0.15) is 6.04 Å². The van der Waals surface area contributed by atoms with Gasteiger partial charge in [0.15, 0.2) is 0 Å². The number of nitrogens with one attached hydrogen (secondary N) is 1. The Kier molecular flexibility index (Phi) is 3.89. The number of aliphatic hydroxyl groups excluding tert-OH is 1. The van der Waals surface area contributed by atoms with Crippen LogP contribution in [0.2, 0.25) is 0 Å². The van der Waals surface area contributed by atoms with Crippen LogP contribution in [0.5, 0.6) is 0 Å². The highest BCUT2D eigenvalue weighted by Crippen LogP contribution is 2.20. The van der Waals surface area contributed by atoms with Crippen molar-refractivity contribution in [3.8, 4) is 0 Å². The summed E-state index contributed by atoms with van der Waals surface area (Å²) in [5.74, 6) is -1.12. The van der Waals surface area contributed by atoms with Crippen molar-refractivity contribution in [1.82, 2.24) is 9.88 Å². The molecule has 2 amide bonds. The van der Waals surface area contributed by atoms with Crippen LogP contribution in [0.1, 0.15) is 17.8 Å².